The Balaban J connectivity index is 0. The van der Waals surface area contributed by atoms with Crippen LogP contribution < -0.4 is 0 Å². The quantitative estimate of drug-likeness (QED) is 0.0426. The van der Waals surface area contributed by atoms with Gasteiger partial charge in [0.05, 0.1) is 0 Å². The average Bonchev–Trinajstić information content (AvgIpc) is 3.00. The molecule has 0 aliphatic carbocycles. The Morgan fingerprint density at radius 2 is 0.727 bits per heavy atom. The highest BCUT2D eigenvalue weighted by molar-refractivity contribution is 5.94. The number of carboxylic acid groups (broad SMARTS) is 2. The van der Waals surface area contributed by atoms with Crippen molar-refractivity contribution in [2.75, 3.05) is 0 Å². The molecule has 0 spiro atoms. The molecule has 0 saturated heterocycles. The molecule has 0 radical (unpaired) electrons. The molecule has 260 valence electrons. The molecule has 0 fully saturated rings. The fraction of sp³-hybridized carbons (Fsp3) is 0.850. The maximum absolute atomic E-state index is 10.9. The maximum atomic E-state index is 10.9. The van der Waals surface area contributed by atoms with Gasteiger partial charge in [0.15, 0.2) is 0 Å². The van der Waals surface area contributed by atoms with E-state index in [0.717, 1.165) is 25.3 Å². The monoisotopic (exact) mass is 621 g/mol. The Hall–Kier alpha value is -1.58. The summed E-state index contributed by atoms with van der Waals surface area (Å²) in [6.07, 6.45) is 45.0. The third-order valence-corrected chi connectivity index (χ3v) is 8.63. The van der Waals surface area contributed by atoms with Crippen LogP contribution in [0, 0.1) is 0 Å². The molecular weight excluding hydrogens is 544 g/mol. The summed E-state index contributed by atoms with van der Waals surface area (Å²) < 4.78 is 0. The van der Waals surface area contributed by atoms with Crippen molar-refractivity contribution in [2.45, 2.75) is 219 Å². The first-order chi connectivity index (χ1) is 21.5. The van der Waals surface area contributed by atoms with Gasteiger partial charge in [-0.2, -0.15) is 0 Å². The van der Waals surface area contributed by atoms with Crippen LogP contribution in [0.3, 0.4) is 0 Å². The lowest BCUT2D eigenvalue weighted by Crippen LogP contribution is -2.04. The average molecular weight is 621 g/mol. The van der Waals surface area contributed by atoms with Gasteiger partial charge in [-0.1, -0.05) is 200 Å². The lowest BCUT2D eigenvalue weighted by atomic mass is 10.0. The van der Waals surface area contributed by atoms with Gasteiger partial charge in [-0.25, -0.2) is 9.59 Å². The second-order valence-electron chi connectivity index (χ2n) is 13.0. The van der Waals surface area contributed by atoms with Crippen LogP contribution >= 0.6 is 0 Å². The highest BCUT2D eigenvalue weighted by Crippen LogP contribution is 2.16. The van der Waals surface area contributed by atoms with Gasteiger partial charge < -0.3 is 10.2 Å². The van der Waals surface area contributed by atoms with E-state index in [9.17, 15) is 9.59 Å². The minimum Gasteiger partial charge on any atom is -0.478 e. The van der Waals surface area contributed by atoms with Crippen molar-refractivity contribution < 1.29 is 19.8 Å². The van der Waals surface area contributed by atoms with E-state index in [1.165, 1.54) is 180 Å². The first-order valence-corrected chi connectivity index (χ1v) is 19.3. The second-order valence-corrected chi connectivity index (χ2v) is 13.0. The third-order valence-electron chi connectivity index (χ3n) is 8.63. The summed E-state index contributed by atoms with van der Waals surface area (Å²) in [5.74, 6) is -2.30. The van der Waals surface area contributed by atoms with E-state index in [1.807, 2.05) is 6.08 Å². The standard InChI is InChI=1S/C22H40O4.C18H36/c1-2-3-4-5-6-7-8-9-10-11-12-13-14-15-16-17-18-20(22(25)26)19-21(23)24;1-3-5-7-9-11-13-15-17-18-16-14-12-10-8-6-4-2/h19H,2-18H2,1H3,(H,23,24)(H,25,26);3H,1,4-18H2,2H3/b20-19-;. The van der Waals surface area contributed by atoms with E-state index >= 15 is 0 Å². The maximum Gasteiger partial charge on any atom is 0.331 e. The Labute approximate surface area is 275 Å². The fourth-order valence-electron chi connectivity index (χ4n) is 5.74. The van der Waals surface area contributed by atoms with E-state index < -0.39 is 11.9 Å². The van der Waals surface area contributed by atoms with Crippen LogP contribution in [0.2, 0.25) is 0 Å². The molecule has 0 rings (SSSR count). The molecule has 2 N–H and O–H groups in total. The molecule has 0 heterocycles. The minimum atomic E-state index is -1.18. The summed E-state index contributed by atoms with van der Waals surface area (Å²) in [5, 5.41) is 17.5. The molecule has 0 aliphatic heterocycles. The Morgan fingerprint density at radius 1 is 0.455 bits per heavy atom. The topological polar surface area (TPSA) is 74.6 Å². The van der Waals surface area contributed by atoms with Crippen molar-refractivity contribution in [3.05, 3.63) is 24.3 Å². The van der Waals surface area contributed by atoms with Crippen molar-refractivity contribution in [1.82, 2.24) is 0 Å². The van der Waals surface area contributed by atoms with Crippen LogP contribution in [0.5, 0.6) is 0 Å². The van der Waals surface area contributed by atoms with E-state index in [4.69, 9.17) is 10.2 Å². The predicted molar refractivity (Wildman–Crippen MR) is 193 cm³/mol. The Morgan fingerprint density at radius 3 is 0.977 bits per heavy atom. The van der Waals surface area contributed by atoms with E-state index in [2.05, 4.69) is 20.4 Å². The molecule has 0 amide bonds. The normalized spacial score (nSPS) is 11.3. The highest BCUT2D eigenvalue weighted by Gasteiger charge is 2.08. The lowest BCUT2D eigenvalue weighted by Gasteiger charge is -2.04. The zero-order valence-corrected chi connectivity index (χ0v) is 29.7. The van der Waals surface area contributed by atoms with Crippen LogP contribution in [-0.4, -0.2) is 22.2 Å². The molecule has 0 aromatic rings. The summed E-state index contributed by atoms with van der Waals surface area (Å²) in [7, 11) is 0. The second kappa shape index (κ2) is 39.4. The molecule has 0 saturated carbocycles. The zero-order chi connectivity index (χ0) is 32.8. The number of hydrogen-bond donors (Lipinski definition) is 2. The van der Waals surface area contributed by atoms with Gasteiger partial charge in [0, 0.05) is 11.6 Å². The Bertz CT molecular complexity index is 639. The highest BCUT2D eigenvalue weighted by atomic mass is 16.4. The molecule has 0 atom stereocenters. The van der Waals surface area contributed by atoms with E-state index in [0.29, 0.717) is 6.42 Å². The van der Waals surface area contributed by atoms with Crippen LogP contribution in [-0.2, 0) is 9.59 Å². The Kier molecular flexibility index (Phi) is 39.9. The van der Waals surface area contributed by atoms with Gasteiger partial charge in [0.2, 0.25) is 0 Å². The first-order valence-electron chi connectivity index (χ1n) is 19.3. The van der Waals surface area contributed by atoms with Crippen molar-refractivity contribution in [1.29, 1.82) is 0 Å². The molecule has 44 heavy (non-hydrogen) atoms. The summed E-state index contributed by atoms with van der Waals surface area (Å²) in [6, 6.07) is 0. The number of unbranched alkanes of at least 4 members (excludes halogenated alkanes) is 29. The predicted octanol–water partition coefficient (Wildman–Crippen LogP) is 13.8. The van der Waals surface area contributed by atoms with Crippen LogP contribution in [0.15, 0.2) is 24.3 Å². The molecular formula is C40H76O4. The van der Waals surface area contributed by atoms with Crippen molar-refractivity contribution >= 4 is 11.9 Å². The largest absolute Gasteiger partial charge is 0.478 e. The molecule has 4 heteroatoms. The van der Waals surface area contributed by atoms with Gasteiger partial charge in [-0.05, 0) is 25.7 Å². The van der Waals surface area contributed by atoms with Gasteiger partial charge in [0.1, 0.15) is 0 Å². The molecule has 4 nitrogen and oxygen atoms in total. The number of carbonyl (C=O) groups is 2. The number of allylic oxidation sites excluding steroid dienone is 1. The SMILES string of the molecule is C=CCCCCCCCCCCCCCCCC.CCCCCCCCCCCCCCCCCC/C(=C/C(=O)O)C(=O)O. The van der Waals surface area contributed by atoms with Crippen LogP contribution in [0.1, 0.15) is 219 Å². The smallest absolute Gasteiger partial charge is 0.331 e. The molecule has 0 unspecified atom stereocenters. The lowest BCUT2D eigenvalue weighted by molar-refractivity contribution is -0.135. The number of carboxylic acids is 2. The van der Waals surface area contributed by atoms with E-state index in [-0.39, 0.29) is 5.57 Å². The van der Waals surface area contributed by atoms with Crippen molar-refractivity contribution in [2.24, 2.45) is 0 Å². The summed E-state index contributed by atoms with van der Waals surface area (Å²) in [6.45, 7) is 8.31. The number of hydrogen-bond acceptors (Lipinski definition) is 2. The van der Waals surface area contributed by atoms with Crippen LogP contribution in [0.4, 0.5) is 0 Å². The summed E-state index contributed by atoms with van der Waals surface area (Å²) in [4.78, 5) is 21.4. The molecule has 0 aromatic carbocycles. The first kappa shape index (κ1) is 44.5. The summed E-state index contributed by atoms with van der Waals surface area (Å²) in [5.41, 5.74) is 0.00265. The van der Waals surface area contributed by atoms with Gasteiger partial charge >= 0.3 is 11.9 Å². The van der Waals surface area contributed by atoms with Gasteiger partial charge in [-0.15, -0.1) is 6.58 Å². The summed E-state index contributed by atoms with van der Waals surface area (Å²) >= 11 is 0. The van der Waals surface area contributed by atoms with Crippen molar-refractivity contribution in [3.8, 4) is 0 Å². The number of aliphatic carboxylic acids is 2. The minimum absolute atomic E-state index is 0.00265. The van der Waals surface area contributed by atoms with Gasteiger partial charge in [-0.3, -0.25) is 0 Å². The van der Waals surface area contributed by atoms with E-state index in [1.54, 1.807) is 0 Å². The number of rotatable bonds is 34. The van der Waals surface area contributed by atoms with Crippen molar-refractivity contribution in [3.63, 3.8) is 0 Å². The molecule has 0 aromatic heterocycles. The zero-order valence-electron chi connectivity index (χ0n) is 29.7. The molecule has 0 bridgehead atoms. The molecule has 0 aliphatic rings. The fourth-order valence-corrected chi connectivity index (χ4v) is 5.74. The van der Waals surface area contributed by atoms with Crippen LogP contribution in [0.25, 0.3) is 0 Å². The third kappa shape index (κ3) is 40.4. The van der Waals surface area contributed by atoms with Gasteiger partial charge in [0.25, 0.3) is 0 Å².